The van der Waals surface area contributed by atoms with E-state index in [-0.39, 0.29) is 11.8 Å². The summed E-state index contributed by atoms with van der Waals surface area (Å²) in [4.78, 5) is 25.7. The third kappa shape index (κ3) is 3.08. The number of nitrogens with zero attached hydrogens (tertiary/aromatic N) is 4. The molecule has 0 saturated carbocycles. The summed E-state index contributed by atoms with van der Waals surface area (Å²) >= 11 is 3.36. The molecular formula is C17H19BrN4O2. The molecule has 2 heterocycles. The summed E-state index contributed by atoms with van der Waals surface area (Å²) in [5.74, 6) is -0.340. The largest absolute Gasteiger partial charge is 0.290 e. The maximum Gasteiger partial charge on any atom is 0.290 e. The quantitative estimate of drug-likeness (QED) is 0.809. The van der Waals surface area contributed by atoms with Crippen molar-refractivity contribution in [3.63, 3.8) is 0 Å². The lowest BCUT2D eigenvalue weighted by molar-refractivity contribution is 0.0178. The minimum Gasteiger partial charge on any atom is -0.267 e. The highest BCUT2D eigenvalue weighted by atomic mass is 79.9. The molecule has 2 amide bonds. The van der Waals surface area contributed by atoms with Crippen LogP contribution in [0.15, 0.2) is 34.8 Å². The fourth-order valence-corrected chi connectivity index (χ4v) is 3.13. The van der Waals surface area contributed by atoms with Gasteiger partial charge in [-0.05, 0) is 50.6 Å². The predicted octanol–water partition coefficient (Wildman–Crippen LogP) is 2.88. The Morgan fingerprint density at radius 1 is 1.12 bits per heavy atom. The lowest BCUT2D eigenvalue weighted by Crippen LogP contribution is -2.45. The molecule has 0 atom stereocenters. The molecule has 0 N–H and O–H groups in total. The van der Waals surface area contributed by atoms with Crippen molar-refractivity contribution >= 4 is 27.7 Å². The Kier molecular flexibility index (Phi) is 4.71. The predicted molar refractivity (Wildman–Crippen MR) is 93.5 cm³/mol. The van der Waals surface area contributed by atoms with Gasteiger partial charge in [0.1, 0.15) is 5.69 Å². The second kappa shape index (κ2) is 6.76. The molecule has 7 heteroatoms. The number of amides is 2. The Balaban J connectivity index is 1.86. The number of hydrogen-bond acceptors (Lipinski definition) is 3. The third-order valence-corrected chi connectivity index (χ3v) is 4.54. The van der Waals surface area contributed by atoms with Crippen molar-refractivity contribution in [2.45, 2.75) is 26.8 Å². The van der Waals surface area contributed by atoms with Gasteiger partial charge in [0.05, 0.1) is 5.69 Å². The Morgan fingerprint density at radius 2 is 1.75 bits per heavy atom. The van der Waals surface area contributed by atoms with Gasteiger partial charge in [-0.3, -0.25) is 14.3 Å². The SMILES string of the molecule is CCn1nc(C)cc1C(=O)N1CCCN1C(=O)c1ccc(Br)cc1. The molecule has 3 rings (SSSR count). The van der Waals surface area contributed by atoms with Gasteiger partial charge in [0, 0.05) is 29.7 Å². The van der Waals surface area contributed by atoms with Gasteiger partial charge in [0.2, 0.25) is 0 Å². The van der Waals surface area contributed by atoms with E-state index < -0.39 is 0 Å². The van der Waals surface area contributed by atoms with E-state index in [1.165, 1.54) is 10.0 Å². The van der Waals surface area contributed by atoms with Gasteiger partial charge in [-0.15, -0.1) is 0 Å². The van der Waals surface area contributed by atoms with Gasteiger partial charge in [-0.2, -0.15) is 5.10 Å². The maximum absolute atomic E-state index is 12.9. The number of aryl methyl sites for hydroxylation is 2. The van der Waals surface area contributed by atoms with E-state index in [0.717, 1.165) is 16.6 Å². The van der Waals surface area contributed by atoms with E-state index >= 15 is 0 Å². The number of aromatic nitrogens is 2. The Bertz CT molecular complexity index is 769. The molecule has 0 unspecified atom stereocenters. The van der Waals surface area contributed by atoms with Crippen molar-refractivity contribution in [2.24, 2.45) is 0 Å². The Labute approximate surface area is 149 Å². The summed E-state index contributed by atoms with van der Waals surface area (Å²) in [6.45, 7) is 5.49. The molecule has 1 saturated heterocycles. The van der Waals surface area contributed by atoms with Crippen LogP contribution in [0.3, 0.4) is 0 Å². The lowest BCUT2D eigenvalue weighted by Gasteiger charge is -2.28. The number of carbonyl (C=O) groups is 2. The van der Waals surface area contributed by atoms with Crippen LogP contribution in [0.25, 0.3) is 0 Å². The van der Waals surface area contributed by atoms with Gasteiger partial charge in [0.15, 0.2) is 0 Å². The molecule has 1 aliphatic rings. The molecule has 2 aromatic rings. The smallest absolute Gasteiger partial charge is 0.267 e. The fraction of sp³-hybridized carbons (Fsp3) is 0.353. The van der Waals surface area contributed by atoms with E-state index in [1.54, 1.807) is 22.9 Å². The first-order valence-corrected chi connectivity index (χ1v) is 8.74. The lowest BCUT2D eigenvalue weighted by atomic mass is 10.2. The summed E-state index contributed by atoms with van der Waals surface area (Å²) in [7, 11) is 0. The van der Waals surface area contributed by atoms with Crippen molar-refractivity contribution in [3.05, 3.63) is 51.8 Å². The summed E-state index contributed by atoms with van der Waals surface area (Å²) in [5.41, 5.74) is 1.88. The van der Waals surface area contributed by atoms with E-state index in [0.29, 0.717) is 30.9 Å². The second-order valence-electron chi connectivity index (χ2n) is 5.70. The summed E-state index contributed by atoms with van der Waals surface area (Å²) in [6.07, 6.45) is 0.771. The van der Waals surface area contributed by atoms with Crippen molar-refractivity contribution in [1.82, 2.24) is 19.8 Å². The van der Waals surface area contributed by atoms with Gasteiger partial charge in [0.25, 0.3) is 11.8 Å². The topological polar surface area (TPSA) is 58.4 Å². The van der Waals surface area contributed by atoms with Crippen molar-refractivity contribution in [2.75, 3.05) is 13.1 Å². The minimum atomic E-state index is -0.180. The highest BCUT2D eigenvalue weighted by molar-refractivity contribution is 9.10. The van der Waals surface area contributed by atoms with Crippen LogP contribution < -0.4 is 0 Å². The van der Waals surface area contributed by atoms with Crippen molar-refractivity contribution in [3.8, 4) is 0 Å². The first kappa shape index (κ1) is 16.7. The molecule has 1 aromatic carbocycles. The van der Waals surface area contributed by atoms with Gasteiger partial charge in [-0.1, -0.05) is 15.9 Å². The number of hydrazine groups is 1. The number of halogens is 1. The number of benzene rings is 1. The van der Waals surface area contributed by atoms with Crippen molar-refractivity contribution in [1.29, 1.82) is 0 Å². The molecule has 24 heavy (non-hydrogen) atoms. The standard InChI is InChI=1S/C17H19BrN4O2/c1-3-20-15(11-12(2)19-20)17(24)22-10-4-9-21(22)16(23)13-5-7-14(18)8-6-13/h5-8,11H,3-4,9-10H2,1-2H3. The molecule has 0 aliphatic carbocycles. The first-order valence-electron chi connectivity index (χ1n) is 7.95. The summed E-state index contributed by atoms with van der Waals surface area (Å²) in [6, 6.07) is 8.93. The average molecular weight is 391 g/mol. The minimum absolute atomic E-state index is 0.160. The second-order valence-corrected chi connectivity index (χ2v) is 6.62. The highest BCUT2D eigenvalue weighted by Crippen LogP contribution is 2.20. The third-order valence-electron chi connectivity index (χ3n) is 4.01. The van der Waals surface area contributed by atoms with E-state index in [2.05, 4.69) is 21.0 Å². The molecule has 1 aromatic heterocycles. The molecule has 126 valence electrons. The van der Waals surface area contributed by atoms with Crippen LogP contribution in [-0.4, -0.2) is 44.7 Å². The maximum atomic E-state index is 12.9. The van der Waals surface area contributed by atoms with Crippen LogP contribution in [0.1, 0.15) is 39.9 Å². The normalized spacial score (nSPS) is 14.3. The summed E-state index contributed by atoms with van der Waals surface area (Å²) in [5, 5.41) is 7.39. The van der Waals surface area contributed by atoms with Crippen LogP contribution in [0.5, 0.6) is 0 Å². The Hall–Kier alpha value is -2.15. The van der Waals surface area contributed by atoms with E-state index in [1.807, 2.05) is 26.0 Å². The zero-order chi connectivity index (χ0) is 17.3. The van der Waals surface area contributed by atoms with Crippen LogP contribution in [0, 0.1) is 6.92 Å². The zero-order valence-corrected chi connectivity index (χ0v) is 15.3. The van der Waals surface area contributed by atoms with Crippen LogP contribution in [0.4, 0.5) is 0 Å². The zero-order valence-electron chi connectivity index (χ0n) is 13.7. The summed E-state index contributed by atoms with van der Waals surface area (Å²) < 4.78 is 2.59. The number of hydrogen-bond donors (Lipinski definition) is 0. The van der Waals surface area contributed by atoms with Gasteiger partial charge < -0.3 is 0 Å². The van der Waals surface area contributed by atoms with Crippen LogP contribution in [-0.2, 0) is 6.54 Å². The number of carbonyl (C=O) groups excluding carboxylic acids is 2. The Morgan fingerprint density at radius 3 is 2.38 bits per heavy atom. The van der Waals surface area contributed by atoms with E-state index in [4.69, 9.17) is 0 Å². The molecule has 0 radical (unpaired) electrons. The van der Waals surface area contributed by atoms with Gasteiger partial charge in [-0.25, -0.2) is 10.0 Å². The van der Waals surface area contributed by atoms with Gasteiger partial charge >= 0.3 is 0 Å². The molecule has 1 fully saturated rings. The molecule has 0 bridgehead atoms. The molecular weight excluding hydrogens is 372 g/mol. The molecule has 1 aliphatic heterocycles. The number of rotatable bonds is 3. The fourth-order valence-electron chi connectivity index (χ4n) is 2.87. The van der Waals surface area contributed by atoms with E-state index in [9.17, 15) is 9.59 Å². The molecule has 6 nitrogen and oxygen atoms in total. The molecule has 0 spiro atoms. The first-order chi connectivity index (χ1) is 11.5. The van der Waals surface area contributed by atoms with Crippen LogP contribution in [0.2, 0.25) is 0 Å². The monoisotopic (exact) mass is 390 g/mol. The average Bonchev–Trinajstić information content (AvgIpc) is 3.20. The van der Waals surface area contributed by atoms with Crippen molar-refractivity contribution < 1.29 is 9.59 Å². The van der Waals surface area contributed by atoms with Crippen LogP contribution >= 0.6 is 15.9 Å². The highest BCUT2D eigenvalue weighted by Gasteiger charge is 2.33.